The Labute approximate surface area is 93.3 Å². The molecule has 88 valence electrons. The van der Waals surface area contributed by atoms with E-state index in [-0.39, 0.29) is 11.9 Å². The molecule has 2 N–H and O–H groups in total. The maximum atomic E-state index is 11.8. The van der Waals surface area contributed by atoms with Crippen molar-refractivity contribution in [3.05, 3.63) is 12.2 Å². The van der Waals surface area contributed by atoms with Gasteiger partial charge in [0.2, 0.25) is 5.91 Å². The van der Waals surface area contributed by atoms with Gasteiger partial charge in [-0.25, -0.2) is 0 Å². The van der Waals surface area contributed by atoms with Crippen molar-refractivity contribution in [2.45, 2.75) is 40.2 Å². The van der Waals surface area contributed by atoms with Crippen LogP contribution in [-0.4, -0.2) is 29.9 Å². The standard InChI is InChI=1S/C12H24N2O/c1-6-14(8-9(2)3)12(15)7-11(13)10(4)5/h10-11H,2,6-8,13H2,1,3-5H3. The Morgan fingerprint density at radius 2 is 2.00 bits per heavy atom. The quantitative estimate of drug-likeness (QED) is 0.682. The lowest BCUT2D eigenvalue weighted by Gasteiger charge is -2.24. The van der Waals surface area contributed by atoms with Gasteiger partial charge >= 0.3 is 0 Å². The topological polar surface area (TPSA) is 46.3 Å². The van der Waals surface area contributed by atoms with Crippen LogP contribution < -0.4 is 5.73 Å². The van der Waals surface area contributed by atoms with Crippen LogP contribution in [-0.2, 0) is 4.79 Å². The summed E-state index contributed by atoms with van der Waals surface area (Å²) in [5, 5.41) is 0. The summed E-state index contributed by atoms with van der Waals surface area (Å²) in [6.07, 6.45) is 0.429. The molecular weight excluding hydrogens is 188 g/mol. The molecule has 0 aromatic carbocycles. The molecule has 0 saturated heterocycles. The van der Waals surface area contributed by atoms with Crippen LogP contribution in [0.1, 0.15) is 34.1 Å². The van der Waals surface area contributed by atoms with E-state index in [9.17, 15) is 4.79 Å². The Morgan fingerprint density at radius 3 is 2.33 bits per heavy atom. The molecule has 0 aliphatic heterocycles. The van der Waals surface area contributed by atoms with E-state index in [0.717, 1.165) is 12.1 Å². The molecule has 0 heterocycles. The van der Waals surface area contributed by atoms with Crippen molar-refractivity contribution in [2.75, 3.05) is 13.1 Å². The summed E-state index contributed by atoms with van der Waals surface area (Å²) in [5.74, 6) is 0.471. The molecule has 0 spiro atoms. The molecule has 0 saturated carbocycles. The fourth-order valence-corrected chi connectivity index (χ4v) is 1.27. The van der Waals surface area contributed by atoms with Gasteiger partial charge in [0.1, 0.15) is 0 Å². The second-order valence-electron chi connectivity index (χ2n) is 4.48. The summed E-state index contributed by atoms with van der Waals surface area (Å²) in [5.41, 5.74) is 6.87. The number of amides is 1. The lowest BCUT2D eigenvalue weighted by molar-refractivity contribution is -0.131. The van der Waals surface area contributed by atoms with Gasteiger partial charge in [0.25, 0.3) is 0 Å². The van der Waals surface area contributed by atoms with E-state index in [1.54, 1.807) is 4.90 Å². The molecule has 0 bridgehead atoms. The highest BCUT2D eigenvalue weighted by Crippen LogP contribution is 2.07. The van der Waals surface area contributed by atoms with Gasteiger partial charge in [-0.3, -0.25) is 4.79 Å². The van der Waals surface area contributed by atoms with Crippen LogP contribution in [0.4, 0.5) is 0 Å². The fourth-order valence-electron chi connectivity index (χ4n) is 1.27. The van der Waals surface area contributed by atoms with Crippen molar-refractivity contribution in [1.82, 2.24) is 4.90 Å². The van der Waals surface area contributed by atoms with Crippen molar-refractivity contribution in [3.8, 4) is 0 Å². The normalized spacial score (nSPS) is 12.7. The van der Waals surface area contributed by atoms with E-state index in [1.165, 1.54) is 0 Å². The molecule has 1 atom stereocenters. The highest BCUT2D eigenvalue weighted by atomic mass is 16.2. The average Bonchev–Trinajstić information content (AvgIpc) is 2.13. The Kier molecular flexibility index (Phi) is 6.25. The molecule has 3 nitrogen and oxygen atoms in total. The summed E-state index contributed by atoms with van der Waals surface area (Å²) in [6.45, 7) is 13.1. The maximum Gasteiger partial charge on any atom is 0.224 e. The van der Waals surface area contributed by atoms with Gasteiger partial charge in [-0.05, 0) is 19.8 Å². The van der Waals surface area contributed by atoms with Crippen molar-refractivity contribution in [3.63, 3.8) is 0 Å². The molecule has 1 unspecified atom stereocenters. The summed E-state index contributed by atoms with van der Waals surface area (Å²) in [4.78, 5) is 13.6. The number of carbonyl (C=O) groups excluding carboxylic acids is 1. The Balaban J connectivity index is 4.21. The van der Waals surface area contributed by atoms with Crippen LogP contribution in [0.2, 0.25) is 0 Å². The van der Waals surface area contributed by atoms with Crippen LogP contribution in [0.25, 0.3) is 0 Å². The monoisotopic (exact) mass is 212 g/mol. The minimum absolute atomic E-state index is 0.0447. The second kappa shape index (κ2) is 6.62. The van der Waals surface area contributed by atoms with Crippen molar-refractivity contribution < 1.29 is 4.79 Å². The largest absolute Gasteiger partial charge is 0.339 e. The predicted molar refractivity (Wildman–Crippen MR) is 64.5 cm³/mol. The first kappa shape index (κ1) is 14.2. The van der Waals surface area contributed by atoms with Gasteiger partial charge in [0.05, 0.1) is 0 Å². The van der Waals surface area contributed by atoms with Crippen LogP contribution in [0.5, 0.6) is 0 Å². The zero-order valence-electron chi connectivity index (χ0n) is 10.4. The molecular formula is C12H24N2O. The van der Waals surface area contributed by atoms with Crippen LogP contribution in [0.3, 0.4) is 0 Å². The minimum Gasteiger partial charge on any atom is -0.339 e. The molecule has 0 aromatic heterocycles. The molecule has 1 amide bonds. The summed E-state index contributed by atoms with van der Waals surface area (Å²) in [7, 11) is 0. The zero-order chi connectivity index (χ0) is 12.0. The first-order valence-corrected chi connectivity index (χ1v) is 5.56. The molecule has 3 heteroatoms. The average molecular weight is 212 g/mol. The molecule has 0 fully saturated rings. The van der Waals surface area contributed by atoms with Crippen molar-refractivity contribution in [1.29, 1.82) is 0 Å². The third-order valence-electron chi connectivity index (χ3n) is 2.46. The van der Waals surface area contributed by atoms with E-state index in [2.05, 4.69) is 6.58 Å². The van der Waals surface area contributed by atoms with E-state index in [0.29, 0.717) is 18.9 Å². The smallest absolute Gasteiger partial charge is 0.224 e. The third kappa shape index (κ3) is 5.57. The highest BCUT2D eigenvalue weighted by Gasteiger charge is 2.17. The SMILES string of the molecule is C=C(C)CN(CC)C(=O)CC(N)C(C)C. The van der Waals surface area contributed by atoms with Crippen molar-refractivity contribution in [2.24, 2.45) is 11.7 Å². The van der Waals surface area contributed by atoms with Gasteiger partial charge in [0, 0.05) is 25.6 Å². The number of hydrogen-bond acceptors (Lipinski definition) is 2. The molecule has 0 radical (unpaired) electrons. The first-order chi connectivity index (χ1) is 6.88. The van der Waals surface area contributed by atoms with Gasteiger partial charge in [-0.15, -0.1) is 0 Å². The predicted octanol–water partition coefficient (Wildman–Crippen LogP) is 1.78. The van der Waals surface area contributed by atoms with Gasteiger partial charge in [-0.1, -0.05) is 26.0 Å². The summed E-state index contributed by atoms with van der Waals surface area (Å²) < 4.78 is 0. The van der Waals surface area contributed by atoms with E-state index < -0.39 is 0 Å². The number of hydrogen-bond donors (Lipinski definition) is 1. The van der Waals surface area contributed by atoms with E-state index >= 15 is 0 Å². The molecule has 15 heavy (non-hydrogen) atoms. The number of nitrogens with zero attached hydrogens (tertiary/aromatic N) is 1. The number of carbonyl (C=O) groups is 1. The van der Waals surface area contributed by atoms with E-state index in [4.69, 9.17) is 5.73 Å². The molecule has 0 rings (SSSR count). The number of likely N-dealkylation sites (N-methyl/N-ethyl adjacent to an activating group) is 1. The fraction of sp³-hybridized carbons (Fsp3) is 0.750. The third-order valence-corrected chi connectivity index (χ3v) is 2.46. The van der Waals surface area contributed by atoms with Gasteiger partial charge in [0.15, 0.2) is 0 Å². The minimum atomic E-state index is -0.0447. The highest BCUT2D eigenvalue weighted by molar-refractivity contribution is 5.77. The Morgan fingerprint density at radius 1 is 1.47 bits per heavy atom. The number of rotatable bonds is 6. The summed E-state index contributed by atoms with van der Waals surface area (Å²) in [6, 6.07) is -0.0447. The molecule has 0 aromatic rings. The number of nitrogens with two attached hydrogens (primary N) is 1. The summed E-state index contributed by atoms with van der Waals surface area (Å²) >= 11 is 0. The maximum absolute atomic E-state index is 11.8. The lowest BCUT2D eigenvalue weighted by atomic mass is 10.0. The van der Waals surface area contributed by atoms with Crippen LogP contribution >= 0.6 is 0 Å². The van der Waals surface area contributed by atoms with Crippen LogP contribution in [0.15, 0.2) is 12.2 Å². The van der Waals surface area contributed by atoms with E-state index in [1.807, 2.05) is 27.7 Å². The second-order valence-corrected chi connectivity index (χ2v) is 4.48. The Bertz CT molecular complexity index is 224. The Hall–Kier alpha value is -0.830. The molecule has 0 aliphatic rings. The zero-order valence-corrected chi connectivity index (χ0v) is 10.4. The van der Waals surface area contributed by atoms with Crippen LogP contribution in [0, 0.1) is 5.92 Å². The molecule has 0 aliphatic carbocycles. The van der Waals surface area contributed by atoms with Crippen molar-refractivity contribution >= 4 is 5.91 Å². The first-order valence-electron chi connectivity index (χ1n) is 5.56. The van der Waals surface area contributed by atoms with Gasteiger partial charge < -0.3 is 10.6 Å². The van der Waals surface area contributed by atoms with Gasteiger partial charge in [-0.2, -0.15) is 0 Å². The lowest BCUT2D eigenvalue weighted by Crippen LogP contribution is -2.38.